The molecule has 1 heterocycles. The molecule has 0 spiro atoms. The molecule has 3 rings (SSSR count). The first-order valence-electron chi connectivity index (χ1n) is 6.57. The molecular weight excluding hydrogens is 284 g/mol. The fourth-order valence-corrected chi connectivity index (χ4v) is 3.12. The number of benzene rings is 2. The Balaban J connectivity index is 1.78. The maximum Gasteiger partial charge on any atom is 0.307 e. The Morgan fingerprint density at radius 3 is 2.71 bits per heavy atom. The highest BCUT2D eigenvalue weighted by atomic mass is 32.1. The minimum Gasteiger partial charge on any atom is -0.326 e. The Morgan fingerprint density at radius 1 is 1.19 bits per heavy atom. The van der Waals surface area contributed by atoms with Crippen molar-refractivity contribution in [2.45, 2.75) is 6.42 Å². The number of nitrogens with zero attached hydrogens (tertiary/aromatic N) is 1. The number of carbonyl (C=O) groups is 1. The summed E-state index contributed by atoms with van der Waals surface area (Å²) in [6.45, 7) is 0. The van der Waals surface area contributed by atoms with E-state index < -0.39 is 0 Å². The van der Waals surface area contributed by atoms with Gasteiger partial charge >= 0.3 is 4.87 Å². The standard InChI is InChI=1S/C16H14N2O2S/c1-18-13-8-7-12(10-14(13)21-16(18)20)17-15(19)9-11-5-3-2-4-6-11/h2-8,10H,9H2,1H3,(H,17,19). The third kappa shape index (κ3) is 2.87. The molecule has 1 N–H and O–H groups in total. The number of amides is 1. The van der Waals surface area contributed by atoms with Crippen molar-refractivity contribution in [3.8, 4) is 0 Å². The van der Waals surface area contributed by atoms with Crippen LogP contribution < -0.4 is 10.2 Å². The number of anilines is 1. The van der Waals surface area contributed by atoms with Gasteiger partial charge in [-0.15, -0.1) is 0 Å². The normalized spacial score (nSPS) is 10.7. The first-order chi connectivity index (χ1) is 10.1. The van der Waals surface area contributed by atoms with Crippen LogP contribution in [0.4, 0.5) is 5.69 Å². The molecule has 0 aliphatic heterocycles. The zero-order valence-corrected chi connectivity index (χ0v) is 12.3. The van der Waals surface area contributed by atoms with Gasteiger partial charge in [-0.05, 0) is 23.8 Å². The predicted molar refractivity (Wildman–Crippen MR) is 85.8 cm³/mol. The summed E-state index contributed by atoms with van der Waals surface area (Å²) in [4.78, 5) is 23.6. The molecule has 0 unspecified atom stereocenters. The quantitative estimate of drug-likeness (QED) is 0.808. The van der Waals surface area contributed by atoms with Crippen molar-refractivity contribution in [1.29, 1.82) is 0 Å². The highest BCUT2D eigenvalue weighted by molar-refractivity contribution is 7.16. The first-order valence-corrected chi connectivity index (χ1v) is 7.38. The maximum atomic E-state index is 12.0. The van der Waals surface area contributed by atoms with Crippen LogP contribution in [0.25, 0.3) is 10.2 Å². The summed E-state index contributed by atoms with van der Waals surface area (Å²) in [5.41, 5.74) is 2.57. The number of thiazole rings is 1. The van der Waals surface area contributed by atoms with E-state index in [9.17, 15) is 9.59 Å². The SMILES string of the molecule is Cn1c(=O)sc2cc(NC(=O)Cc3ccccc3)ccc21. The molecule has 1 amide bonds. The molecule has 0 aliphatic rings. The Morgan fingerprint density at radius 2 is 1.95 bits per heavy atom. The van der Waals surface area contributed by atoms with Gasteiger partial charge in [0.25, 0.3) is 0 Å². The fourth-order valence-electron chi connectivity index (χ4n) is 2.20. The van der Waals surface area contributed by atoms with E-state index in [0.717, 1.165) is 15.8 Å². The highest BCUT2D eigenvalue weighted by Crippen LogP contribution is 2.21. The summed E-state index contributed by atoms with van der Waals surface area (Å²) in [6.07, 6.45) is 0.337. The van der Waals surface area contributed by atoms with Crippen LogP contribution in [-0.4, -0.2) is 10.5 Å². The predicted octanol–water partition coefficient (Wildman–Crippen LogP) is 2.78. The summed E-state index contributed by atoms with van der Waals surface area (Å²) in [6, 6.07) is 15.1. The summed E-state index contributed by atoms with van der Waals surface area (Å²) in [5, 5.41) is 2.87. The van der Waals surface area contributed by atoms with Crippen LogP contribution in [0, 0.1) is 0 Å². The van der Waals surface area contributed by atoms with Crippen LogP contribution in [0.5, 0.6) is 0 Å². The molecule has 0 radical (unpaired) electrons. The number of hydrogen-bond donors (Lipinski definition) is 1. The number of fused-ring (bicyclic) bond motifs is 1. The first kappa shape index (κ1) is 13.6. The van der Waals surface area contributed by atoms with Gasteiger partial charge in [-0.2, -0.15) is 0 Å². The van der Waals surface area contributed by atoms with Crippen LogP contribution in [-0.2, 0) is 18.3 Å². The molecular formula is C16H14N2O2S. The van der Waals surface area contributed by atoms with Crippen molar-refractivity contribution in [3.05, 3.63) is 63.8 Å². The van der Waals surface area contributed by atoms with Gasteiger partial charge in [0.15, 0.2) is 0 Å². The van der Waals surface area contributed by atoms with Gasteiger partial charge in [0.1, 0.15) is 0 Å². The zero-order valence-electron chi connectivity index (χ0n) is 11.5. The van der Waals surface area contributed by atoms with Crippen LogP contribution >= 0.6 is 11.3 Å². The van der Waals surface area contributed by atoms with Gasteiger partial charge in [-0.3, -0.25) is 9.59 Å². The lowest BCUT2D eigenvalue weighted by atomic mass is 10.1. The molecule has 21 heavy (non-hydrogen) atoms. The van der Waals surface area contributed by atoms with Crippen molar-refractivity contribution < 1.29 is 4.79 Å². The molecule has 0 bridgehead atoms. The molecule has 2 aromatic carbocycles. The van der Waals surface area contributed by atoms with Gasteiger partial charge < -0.3 is 9.88 Å². The number of aromatic nitrogens is 1. The molecule has 0 atom stereocenters. The Kier molecular flexibility index (Phi) is 3.58. The van der Waals surface area contributed by atoms with Gasteiger partial charge in [0.2, 0.25) is 5.91 Å². The molecule has 1 aromatic heterocycles. The minimum absolute atomic E-state index is 0.00207. The Bertz CT molecular complexity index is 850. The van der Waals surface area contributed by atoms with Gasteiger partial charge in [-0.1, -0.05) is 41.7 Å². The monoisotopic (exact) mass is 298 g/mol. The summed E-state index contributed by atoms with van der Waals surface area (Å²) in [7, 11) is 1.74. The summed E-state index contributed by atoms with van der Waals surface area (Å²) >= 11 is 1.18. The number of rotatable bonds is 3. The molecule has 0 saturated heterocycles. The van der Waals surface area contributed by atoms with Crippen molar-refractivity contribution in [1.82, 2.24) is 4.57 Å². The zero-order chi connectivity index (χ0) is 14.8. The van der Waals surface area contributed by atoms with E-state index in [1.807, 2.05) is 48.5 Å². The summed E-state index contributed by atoms with van der Waals surface area (Å²) < 4.78 is 2.48. The van der Waals surface area contributed by atoms with E-state index in [-0.39, 0.29) is 10.8 Å². The average molecular weight is 298 g/mol. The second-order valence-corrected chi connectivity index (χ2v) is 5.81. The Hall–Kier alpha value is -2.40. The van der Waals surface area contributed by atoms with Crippen molar-refractivity contribution >= 4 is 33.1 Å². The van der Waals surface area contributed by atoms with Crippen molar-refractivity contribution in [3.63, 3.8) is 0 Å². The lowest BCUT2D eigenvalue weighted by Gasteiger charge is -2.05. The molecule has 0 aliphatic carbocycles. The van der Waals surface area contributed by atoms with E-state index in [0.29, 0.717) is 12.1 Å². The smallest absolute Gasteiger partial charge is 0.307 e. The van der Waals surface area contributed by atoms with E-state index >= 15 is 0 Å². The highest BCUT2D eigenvalue weighted by Gasteiger charge is 2.07. The summed E-state index contributed by atoms with van der Waals surface area (Å²) in [5.74, 6) is -0.0659. The number of aryl methyl sites for hydroxylation is 1. The van der Waals surface area contributed by atoms with Gasteiger partial charge in [0.05, 0.1) is 16.6 Å². The lowest BCUT2D eigenvalue weighted by molar-refractivity contribution is -0.115. The molecule has 4 nitrogen and oxygen atoms in total. The molecule has 5 heteroatoms. The molecule has 0 saturated carbocycles. The molecule has 0 fully saturated rings. The molecule has 3 aromatic rings. The van der Waals surface area contributed by atoms with Gasteiger partial charge in [0, 0.05) is 12.7 Å². The maximum absolute atomic E-state index is 12.0. The fraction of sp³-hybridized carbons (Fsp3) is 0.125. The number of nitrogens with one attached hydrogen (secondary N) is 1. The average Bonchev–Trinajstić information content (AvgIpc) is 2.74. The largest absolute Gasteiger partial charge is 0.326 e. The van der Waals surface area contributed by atoms with Crippen LogP contribution in [0.3, 0.4) is 0 Å². The van der Waals surface area contributed by atoms with Crippen molar-refractivity contribution in [2.75, 3.05) is 5.32 Å². The topological polar surface area (TPSA) is 51.1 Å². The van der Waals surface area contributed by atoms with E-state index in [1.165, 1.54) is 11.3 Å². The minimum atomic E-state index is -0.0659. The van der Waals surface area contributed by atoms with E-state index in [1.54, 1.807) is 11.6 Å². The van der Waals surface area contributed by atoms with Gasteiger partial charge in [-0.25, -0.2) is 0 Å². The van der Waals surface area contributed by atoms with Crippen molar-refractivity contribution in [2.24, 2.45) is 7.05 Å². The van der Waals surface area contributed by atoms with Crippen LogP contribution in [0.1, 0.15) is 5.56 Å². The second kappa shape index (κ2) is 5.54. The van der Waals surface area contributed by atoms with Crippen LogP contribution in [0.2, 0.25) is 0 Å². The third-order valence-electron chi connectivity index (χ3n) is 3.28. The molecule has 106 valence electrons. The van der Waals surface area contributed by atoms with E-state index in [4.69, 9.17) is 0 Å². The second-order valence-electron chi connectivity index (χ2n) is 4.82. The van der Waals surface area contributed by atoms with E-state index in [2.05, 4.69) is 5.32 Å². The third-order valence-corrected chi connectivity index (χ3v) is 4.28. The number of hydrogen-bond acceptors (Lipinski definition) is 3. The Labute approximate surface area is 125 Å². The number of carbonyl (C=O) groups excluding carboxylic acids is 1. The lowest BCUT2D eigenvalue weighted by Crippen LogP contribution is -2.14. The van der Waals surface area contributed by atoms with Crippen LogP contribution in [0.15, 0.2) is 53.3 Å².